The second kappa shape index (κ2) is 9.75. The highest BCUT2D eigenvalue weighted by Gasteiger charge is 2.32. The number of hydrogen-bond acceptors (Lipinski definition) is 2. The SMILES string of the molecule is CCCCCN1CCC(c2ccc(F)cc2)C(CN2CCCc3ccccc32)C1. The lowest BCUT2D eigenvalue weighted by Gasteiger charge is -2.43. The lowest BCUT2D eigenvalue weighted by atomic mass is 9.79. The number of piperidine rings is 1. The van der Waals surface area contributed by atoms with Gasteiger partial charge in [-0.1, -0.05) is 50.1 Å². The van der Waals surface area contributed by atoms with Gasteiger partial charge in [-0.2, -0.15) is 0 Å². The molecule has 0 aromatic heterocycles. The first-order chi connectivity index (χ1) is 14.2. The van der Waals surface area contributed by atoms with E-state index in [1.165, 1.54) is 68.4 Å². The molecule has 0 bridgehead atoms. The Morgan fingerprint density at radius 3 is 2.66 bits per heavy atom. The summed E-state index contributed by atoms with van der Waals surface area (Å²) in [5.74, 6) is 0.973. The zero-order chi connectivity index (χ0) is 20.1. The molecule has 1 saturated heterocycles. The van der Waals surface area contributed by atoms with Gasteiger partial charge in [-0.25, -0.2) is 4.39 Å². The van der Waals surface area contributed by atoms with E-state index in [4.69, 9.17) is 0 Å². The molecule has 2 heterocycles. The molecular weight excluding hydrogens is 359 g/mol. The van der Waals surface area contributed by atoms with Gasteiger partial charge < -0.3 is 9.80 Å². The average molecular weight is 395 g/mol. The minimum absolute atomic E-state index is 0.132. The molecule has 2 nitrogen and oxygen atoms in total. The van der Waals surface area contributed by atoms with E-state index < -0.39 is 0 Å². The number of halogens is 1. The first kappa shape index (κ1) is 20.4. The van der Waals surface area contributed by atoms with E-state index in [0.29, 0.717) is 11.8 Å². The maximum Gasteiger partial charge on any atom is 0.123 e. The fraction of sp³-hybridized carbons (Fsp3) is 0.538. The summed E-state index contributed by atoms with van der Waals surface area (Å²) in [5.41, 5.74) is 4.24. The van der Waals surface area contributed by atoms with E-state index in [1.54, 1.807) is 12.1 Å². The predicted octanol–water partition coefficient (Wildman–Crippen LogP) is 5.87. The van der Waals surface area contributed by atoms with Gasteiger partial charge in [0.1, 0.15) is 5.82 Å². The molecule has 2 aliphatic rings. The fourth-order valence-corrected chi connectivity index (χ4v) is 5.31. The van der Waals surface area contributed by atoms with E-state index in [2.05, 4.69) is 41.0 Å². The Labute approximate surface area is 175 Å². The van der Waals surface area contributed by atoms with E-state index >= 15 is 0 Å². The molecule has 2 aromatic carbocycles. The highest BCUT2D eigenvalue weighted by Crippen LogP contribution is 2.36. The molecule has 0 spiro atoms. The molecule has 2 aliphatic heterocycles. The predicted molar refractivity (Wildman–Crippen MR) is 120 cm³/mol. The molecule has 0 aliphatic carbocycles. The Bertz CT molecular complexity index is 773. The normalized spacial score (nSPS) is 22.5. The summed E-state index contributed by atoms with van der Waals surface area (Å²) in [6, 6.07) is 16.2. The molecule has 0 saturated carbocycles. The zero-order valence-corrected chi connectivity index (χ0v) is 17.8. The molecule has 0 radical (unpaired) electrons. The number of anilines is 1. The van der Waals surface area contributed by atoms with E-state index in [-0.39, 0.29) is 5.82 Å². The minimum Gasteiger partial charge on any atom is -0.371 e. The number of fused-ring (bicyclic) bond motifs is 1. The monoisotopic (exact) mass is 394 g/mol. The van der Waals surface area contributed by atoms with E-state index in [1.807, 2.05) is 12.1 Å². The van der Waals surface area contributed by atoms with Gasteiger partial charge in [0, 0.05) is 25.3 Å². The zero-order valence-electron chi connectivity index (χ0n) is 17.8. The van der Waals surface area contributed by atoms with E-state index in [0.717, 1.165) is 19.6 Å². The van der Waals surface area contributed by atoms with Crippen LogP contribution in [-0.2, 0) is 6.42 Å². The van der Waals surface area contributed by atoms with Crippen LogP contribution in [0.5, 0.6) is 0 Å². The molecular formula is C26H35FN2. The molecule has 0 N–H and O–H groups in total. The average Bonchev–Trinajstić information content (AvgIpc) is 2.75. The second-order valence-corrected chi connectivity index (χ2v) is 8.89. The van der Waals surface area contributed by atoms with Crippen molar-refractivity contribution in [2.45, 2.75) is 51.4 Å². The van der Waals surface area contributed by atoms with Gasteiger partial charge >= 0.3 is 0 Å². The van der Waals surface area contributed by atoms with Crippen molar-refractivity contribution in [2.75, 3.05) is 37.6 Å². The van der Waals surface area contributed by atoms with Crippen LogP contribution in [0.15, 0.2) is 48.5 Å². The summed E-state index contributed by atoms with van der Waals surface area (Å²) >= 11 is 0. The van der Waals surface area contributed by atoms with Gasteiger partial charge in [0.05, 0.1) is 0 Å². The largest absolute Gasteiger partial charge is 0.371 e. The first-order valence-corrected chi connectivity index (χ1v) is 11.5. The topological polar surface area (TPSA) is 6.48 Å². The van der Waals surface area contributed by atoms with Gasteiger partial charge in [-0.3, -0.25) is 0 Å². The van der Waals surface area contributed by atoms with Crippen LogP contribution in [0.3, 0.4) is 0 Å². The Balaban J connectivity index is 1.52. The molecule has 2 aromatic rings. The number of para-hydroxylation sites is 1. The summed E-state index contributed by atoms with van der Waals surface area (Å²) < 4.78 is 13.5. The lowest BCUT2D eigenvalue weighted by Crippen LogP contribution is -2.46. The Morgan fingerprint density at radius 1 is 1.00 bits per heavy atom. The molecule has 2 atom stereocenters. The number of unbranched alkanes of at least 4 members (excludes halogenated alkanes) is 2. The Hall–Kier alpha value is -1.87. The van der Waals surface area contributed by atoms with Gasteiger partial charge in [0.2, 0.25) is 0 Å². The molecule has 0 amide bonds. The number of likely N-dealkylation sites (tertiary alicyclic amines) is 1. The van der Waals surface area contributed by atoms with Crippen LogP contribution in [0, 0.1) is 11.7 Å². The summed E-state index contributed by atoms with van der Waals surface area (Å²) in [5, 5.41) is 0. The standard InChI is InChI=1S/C26H35FN2/c1-2-3-6-16-28-18-15-25(21-11-13-24(27)14-12-21)23(19-28)20-29-17-7-9-22-8-4-5-10-26(22)29/h4-5,8,10-14,23,25H,2-3,6-7,9,15-20H2,1H3. The van der Waals surface area contributed by atoms with Crippen LogP contribution in [0.1, 0.15) is 56.1 Å². The fourth-order valence-electron chi connectivity index (χ4n) is 5.31. The summed E-state index contributed by atoms with van der Waals surface area (Å²) in [6.07, 6.45) is 7.52. The highest BCUT2D eigenvalue weighted by atomic mass is 19.1. The quantitative estimate of drug-likeness (QED) is 0.542. The van der Waals surface area contributed by atoms with Gasteiger partial charge in [0.15, 0.2) is 0 Å². The van der Waals surface area contributed by atoms with Crippen molar-refractivity contribution >= 4 is 5.69 Å². The maximum absolute atomic E-state index is 13.5. The summed E-state index contributed by atoms with van der Waals surface area (Å²) in [6.45, 7) is 8.07. The molecule has 156 valence electrons. The van der Waals surface area contributed by atoms with Crippen molar-refractivity contribution in [3.05, 3.63) is 65.5 Å². The number of nitrogens with zero attached hydrogens (tertiary/aromatic N) is 2. The van der Waals surface area contributed by atoms with Crippen LogP contribution in [0.25, 0.3) is 0 Å². The van der Waals surface area contributed by atoms with Crippen LogP contribution in [-0.4, -0.2) is 37.6 Å². The van der Waals surface area contributed by atoms with Crippen molar-refractivity contribution in [1.29, 1.82) is 0 Å². The van der Waals surface area contributed by atoms with Crippen molar-refractivity contribution in [3.8, 4) is 0 Å². The van der Waals surface area contributed by atoms with Crippen molar-refractivity contribution in [2.24, 2.45) is 5.92 Å². The summed E-state index contributed by atoms with van der Waals surface area (Å²) in [4.78, 5) is 5.30. The van der Waals surface area contributed by atoms with Crippen LogP contribution in [0.2, 0.25) is 0 Å². The molecule has 2 unspecified atom stereocenters. The highest BCUT2D eigenvalue weighted by molar-refractivity contribution is 5.55. The van der Waals surface area contributed by atoms with Crippen molar-refractivity contribution < 1.29 is 4.39 Å². The third-order valence-corrected chi connectivity index (χ3v) is 6.86. The minimum atomic E-state index is -0.132. The van der Waals surface area contributed by atoms with Gasteiger partial charge in [-0.05, 0) is 79.9 Å². The number of rotatable bonds is 7. The van der Waals surface area contributed by atoms with E-state index in [9.17, 15) is 4.39 Å². The number of benzene rings is 2. The van der Waals surface area contributed by atoms with Crippen LogP contribution < -0.4 is 4.90 Å². The molecule has 4 rings (SSSR count). The Kier molecular flexibility index (Phi) is 6.86. The number of hydrogen-bond donors (Lipinski definition) is 0. The smallest absolute Gasteiger partial charge is 0.123 e. The third kappa shape index (κ3) is 5.01. The van der Waals surface area contributed by atoms with Gasteiger partial charge in [0.25, 0.3) is 0 Å². The van der Waals surface area contributed by atoms with Crippen LogP contribution in [0.4, 0.5) is 10.1 Å². The third-order valence-electron chi connectivity index (χ3n) is 6.86. The maximum atomic E-state index is 13.5. The Morgan fingerprint density at radius 2 is 1.83 bits per heavy atom. The van der Waals surface area contributed by atoms with Crippen molar-refractivity contribution in [1.82, 2.24) is 4.90 Å². The summed E-state index contributed by atoms with van der Waals surface area (Å²) in [7, 11) is 0. The number of aryl methyl sites for hydroxylation is 1. The van der Waals surface area contributed by atoms with Gasteiger partial charge in [-0.15, -0.1) is 0 Å². The first-order valence-electron chi connectivity index (χ1n) is 11.5. The molecule has 1 fully saturated rings. The molecule has 3 heteroatoms. The van der Waals surface area contributed by atoms with Crippen molar-refractivity contribution in [3.63, 3.8) is 0 Å². The second-order valence-electron chi connectivity index (χ2n) is 8.89. The molecule has 29 heavy (non-hydrogen) atoms. The lowest BCUT2D eigenvalue weighted by molar-refractivity contribution is 0.153. The van der Waals surface area contributed by atoms with Crippen LogP contribution >= 0.6 is 0 Å².